The van der Waals surface area contributed by atoms with Crippen molar-refractivity contribution in [3.8, 4) is 11.8 Å². The first-order valence-corrected chi connectivity index (χ1v) is 6.13. The normalized spacial score (nSPS) is 9.70. The molecule has 0 unspecified atom stereocenters. The number of rotatable bonds is 3. The minimum Gasteiger partial charge on any atom is -0.395 e. The first-order chi connectivity index (χ1) is 9.69. The molecule has 2 rings (SSSR count). The fourth-order valence-corrected chi connectivity index (χ4v) is 1.57. The van der Waals surface area contributed by atoms with E-state index in [1.54, 1.807) is 37.3 Å². The summed E-state index contributed by atoms with van der Waals surface area (Å²) in [6.07, 6.45) is 0.411. The van der Waals surface area contributed by atoms with Gasteiger partial charge in [-0.3, -0.25) is 4.79 Å². The first kappa shape index (κ1) is 13.8. The molecule has 0 aliphatic carbocycles. The molecule has 102 valence electrons. The molecule has 5 heteroatoms. The van der Waals surface area contributed by atoms with Crippen molar-refractivity contribution >= 4 is 11.7 Å². The Morgan fingerprint density at radius 3 is 3.00 bits per heavy atom. The predicted molar refractivity (Wildman–Crippen MR) is 74.2 cm³/mol. The third kappa shape index (κ3) is 3.70. The molecule has 20 heavy (non-hydrogen) atoms. The van der Waals surface area contributed by atoms with Gasteiger partial charge in [-0.05, 0) is 25.1 Å². The highest BCUT2D eigenvalue weighted by atomic mass is 16.5. The van der Waals surface area contributed by atoms with Gasteiger partial charge in [0.05, 0.1) is 6.61 Å². The summed E-state index contributed by atoms with van der Waals surface area (Å²) in [5.41, 5.74) is 1.21. The SMILES string of the molecule is Cc1cc(NC(=O)c2cccc(C#CCCO)c2)no1. The Kier molecular flexibility index (Phi) is 4.53. The van der Waals surface area contributed by atoms with Gasteiger partial charge < -0.3 is 14.9 Å². The van der Waals surface area contributed by atoms with E-state index in [0.717, 1.165) is 5.56 Å². The molecule has 1 aromatic heterocycles. The van der Waals surface area contributed by atoms with Gasteiger partial charge >= 0.3 is 0 Å². The average Bonchev–Trinajstić information content (AvgIpc) is 2.85. The van der Waals surface area contributed by atoms with Crippen molar-refractivity contribution in [2.24, 2.45) is 0 Å². The van der Waals surface area contributed by atoms with Crippen molar-refractivity contribution in [1.29, 1.82) is 0 Å². The van der Waals surface area contributed by atoms with Crippen LogP contribution in [0.15, 0.2) is 34.9 Å². The van der Waals surface area contributed by atoms with Gasteiger partial charge in [-0.15, -0.1) is 0 Å². The number of amides is 1. The lowest BCUT2D eigenvalue weighted by atomic mass is 10.1. The third-order valence-electron chi connectivity index (χ3n) is 2.46. The molecule has 0 saturated heterocycles. The van der Waals surface area contributed by atoms with Crippen LogP contribution in [-0.2, 0) is 0 Å². The number of nitrogens with one attached hydrogen (secondary N) is 1. The monoisotopic (exact) mass is 270 g/mol. The van der Waals surface area contributed by atoms with Crippen LogP contribution in [0.5, 0.6) is 0 Å². The van der Waals surface area contributed by atoms with Crippen LogP contribution < -0.4 is 5.32 Å². The van der Waals surface area contributed by atoms with E-state index in [1.807, 2.05) is 0 Å². The van der Waals surface area contributed by atoms with Crippen LogP contribution in [0.4, 0.5) is 5.82 Å². The quantitative estimate of drug-likeness (QED) is 0.836. The summed E-state index contributed by atoms with van der Waals surface area (Å²) >= 11 is 0. The third-order valence-corrected chi connectivity index (χ3v) is 2.46. The molecule has 0 saturated carbocycles. The van der Waals surface area contributed by atoms with Gasteiger partial charge in [0.1, 0.15) is 5.76 Å². The second-order valence-electron chi connectivity index (χ2n) is 4.13. The molecule has 1 aromatic carbocycles. The minimum absolute atomic E-state index is 0.0265. The van der Waals surface area contributed by atoms with Crippen LogP contribution in [0.3, 0.4) is 0 Å². The molecule has 2 aromatic rings. The van der Waals surface area contributed by atoms with Gasteiger partial charge in [-0.25, -0.2) is 0 Å². The highest BCUT2D eigenvalue weighted by Crippen LogP contribution is 2.10. The number of aliphatic hydroxyl groups is 1. The van der Waals surface area contributed by atoms with Gasteiger partial charge in [0.25, 0.3) is 5.91 Å². The van der Waals surface area contributed by atoms with Crippen molar-refractivity contribution in [2.45, 2.75) is 13.3 Å². The number of aromatic nitrogens is 1. The van der Waals surface area contributed by atoms with Crippen molar-refractivity contribution in [3.63, 3.8) is 0 Å². The van der Waals surface area contributed by atoms with E-state index in [9.17, 15) is 4.79 Å². The van der Waals surface area contributed by atoms with Gasteiger partial charge in [-0.1, -0.05) is 23.1 Å². The molecule has 0 bridgehead atoms. The van der Waals surface area contributed by atoms with Crippen LogP contribution in [0.1, 0.15) is 28.1 Å². The van der Waals surface area contributed by atoms with Crippen molar-refractivity contribution in [2.75, 3.05) is 11.9 Å². The maximum Gasteiger partial charge on any atom is 0.256 e. The largest absolute Gasteiger partial charge is 0.395 e. The number of carbonyl (C=O) groups is 1. The summed E-state index contributed by atoms with van der Waals surface area (Å²) in [5.74, 6) is 6.43. The molecule has 2 N–H and O–H groups in total. The number of nitrogens with zero attached hydrogens (tertiary/aromatic N) is 1. The van der Waals surface area contributed by atoms with Crippen LogP contribution in [0.25, 0.3) is 0 Å². The molecule has 0 aliphatic heterocycles. The number of anilines is 1. The van der Waals surface area contributed by atoms with E-state index in [4.69, 9.17) is 9.63 Å². The van der Waals surface area contributed by atoms with E-state index in [2.05, 4.69) is 22.3 Å². The first-order valence-electron chi connectivity index (χ1n) is 6.13. The Morgan fingerprint density at radius 1 is 1.45 bits per heavy atom. The topological polar surface area (TPSA) is 75.4 Å². The predicted octanol–water partition coefficient (Wildman–Crippen LogP) is 1.97. The highest BCUT2D eigenvalue weighted by molar-refractivity contribution is 6.03. The van der Waals surface area contributed by atoms with Crippen LogP contribution >= 0.6 is 0 Å². The smallest absolute Gasteiger partial charge is 0.256 e. The molecule has 0 spiro atoms. The Morgan fingerprint density at radius 2 is 2.30 bits per heavy atom. The molecule has 0 radical (unpaired) electrons. The molecule has 0 aliphatic rings. The summed E-state index contributed by atoms with van der Waals surface area (Å²) in [4.78, 5) is 12.0. The zero-order valence-electron chi connectivity index (χ0n) is 11.0. The molecule has 0 fully saturated rings. The van der Waals surface area contributed by atoms with E-state index in [1.165, 1.54) is 0 Å². The van der Waals surface area contributed by atoms with Gasteiger partial charge in [0.15, 0.2) is 5.82 Å². The lowest BCUT2D eigenvalue weighted by Crippen LogP contribution is -2.12. The zero-order chi connectivity index (χ0) is 14.4. The average molecular weight is 270 g/mol. The van der Waals surface area contributed by atoms with Crippen molar-refractivity contribution < 1.29 is 14.4 Å². The summed E-state index contributed by atoms with van der Waals surface area (Å²) in [6.45, 7) is 1.78. The van der Waals surface area contributed by atoms with Crippen LogP contribution in [0.2, 0.25) is 0 Å². The standard InChI is InChI=1S/C15H14N2O3/c1-11-9-14(17-20-11)16-15(19)13-7-4-6-12(10-13)5-2-3-8-18/h4,6-7,9-10,18H,3,8H2,1H3,(H,16,17,19). The highest BCUT2D eigenvalue weighted by Gasteiger charge is 2.08. The number of aryl methyl sites for hydroxylation is 1. The molecular weight excluding hydrogens is 256 g/mol. The number of benzene rings is 1. The summed E-state index contributed by atoms with van der Waals surface area (Å²) in [7, 11) is 0. The number of carbonyl (C=O) groups excluding carboxylic acids is 1. The Balaban J connectivity index is 2.10. The second kappa shape index (κ2) is 6.55. The number of hydrogen-bond acceptors (Lipinski definition) is 4. The fraction of sp³-hybridized carbons (Fsp3) is 0.200. The van der Waals surface area contributed by atoms with E-state index in [0.29, 0.717) is 23.6 Å². The van der Waals surface area contributed by atoms with E-state index >= 15 is 0 Å². The molecule has 5 nitrogen and oxygen atoms in total. The van der Waals surface area contributed by atoms with Gasteiger partial charge in [0, 0.05) is 23.6 Å². The molecule has 1 heterocycles. The lowest BCUT2D eigenvalue weighted by Gasteiger charge is -2.01. The number of aliphatic hydroxyl groups excluding tert-OH is 1. The van der Waals surface area contributed by atoms with Crippen molar-refractivity contribution in [3.05, 3.63) is 47.2 Å². The van der Waals surface area contributed by atoms with Gasteiger partial charge in [0.2, 0.25) is 0 Å². The van der Waals surface area contributed by atoms with Crippen LogP contribution in [0, 0.1) is 18.8 Å². The second-order valence-corrected chi connectivity index (χ2v) is 4.13. The molecular formula is C15H14N2O3. The van der Waals surface area contributed by atoms with Gasteiger partial charge in [-0.2, -0.15) is 0 Å². The van der Waals surface area contributed by atoms with E-state index < -0.39 is 0 Å². The fourth-order valence-electron chi connectivity index (χ4n) is 1.57. The maximum absolute atomic E-state index is 12.0. The van der Waals surface area contributed by atoms with Crippen molar-refractivity contribution in [1.82, 2.24) is 5.16 Å². The summed E-state index contributed by atoms with van der Waals surface area (Å²) < 4.78 is 4.88. The number of hydrogen-bond donors (Lipinski definition) is 2. The maximum atomic E-state index is 12.0. The Bertz CT molecular complexity index is 665. The Labute approximate surface area is 116 Å². The Hall–Kier alpha value is -2.58. The summed E-state index contributed by atoms with van der Waals surface area (Å²) in [5, 5.41) is 15.0. The lowest BCUT2D eigenvalue weighted by molar-refractivity contribution is 0.102. The zero-order valence-corrected chi connectivity index (χ0v) is 11.0. The van der Waals surface area contributed by atoms with Crippen LogP contribution in [-0.4, -0.2) is 22.8 Å². The molecule has 1 amide bonds. The minimum atomic E-state index is -0.274. The summed E-state index contributed by atoms with van der Waals surface area (Å²) in [6, 6.07) is 8.59. The van der Waals surface area contributed by atoms with E-state index in [-0.39, 0.29) is 12.5 Å². The molecule has 0 atom stereocenters.